The summed E-state index contributed by atoms with van der Waals surface area (Å²) in [7, 11) is -2.06. The van der Waals surface area contributed by atoms with Crippen molar-refractivity contribution >= 4 is 27.0 Å². The second-order valence-corrected chi connectivity index (χ2v) is 9.26. The molecule has 164 valence electrons. The highest BCUT2D eigenvalue weighted by Crippen LogP contribution is 2.24. The Balaban J connectivity index is 1.51. The number of sulfonamides is 1. The summed E-state index contributed by atoms with van der Waals surface area (Å²) in [6, 6.07) is 11.6. The van der Waals surface area contributed by atoms with Crippen molar-refractivity contribution in [2.24, 2.45) is 0 Å². The zero-order valence-electron chi connectivity index (χ0n) is 17.0. The molecule has 0 atom stereocenters. The molecule has 4 rings (SSSR count). The summed E-state index contributed by atoms with van der Waals surface area (Å²) < 4.78 is 38.5. The van der Waals surface area contributed by atoms with Crippen LogP contribution >= 0.6 is 0 Å². The van der Waals surface area contributed by atoms with Gasteiger partial charge in [0.25, 0.3) is 0 Å². The number of hydrogen-bond acceptors (Lipinski definition) is 6. The van der Waals surface area contributed by atoms with E-state index < -0.39 is 15.8 Å². The maximum Gasteiger partial charge on any atom is 0.420 e. The topological polar surface area (TPSA) is 111 Å². The second kappa shape index (κ2) is 8.56. The molecule has 1 aliphatic rings. The lowest BCUT2D eigenvalue weighted by molar-refractivity contribution is -0.121. The Labute approximate surface area is 179 Å². The first-order valence-corrected chi connectivity index (χ1v) is 11.4. The van der Waals surface area contributed by atoms with Gasteiger partial charge in [-0.2, -0.15) is 4.31 Å². The molecule has 2 heterocycles. The van der Waals surface area contributed by atoms with Crippen LogP contribution in [0.4, 0.5) is 0 Å². The van der Waals surface area contributed by atoms with Crippen LogP contribution < -0.4 is 15.8 Å². The molecule has 31 heavy (non-hydrogen) atoms. The largest absolute Gasteiger partial charge is 0.497 e. The lowest BCUT2D eigenvalue weighted by Crippen LogP contribution is -2.30. The zero-order valence-corrected chi connectivity index (χ0v) is 17.9. The van der Waals surface area contributed by atoms with Gasteiger partial charge in [0.05, 0.1) is 17.5 Å². The van der Waals surface area contributed by atoms with Crippen molar-refractivity contribution in [3.8, 4) is 5.75 Å². The molecule has 1 saturated heterocycles. The van der Waals surface area contributed by atoms with E-state index in [9.17, 15) is 18.0 Å². The smallest absolute Gasteiger partial charge is 0.420 e. The third-order valence-corrected chi connectivity index (χ3v) is 7.16. The summed E-state index contributed by atoms with van der Waals surface area (Å²) in [5.74, 6) is -0.410. The van der Waals surface area contributed by atoms with Gasteiger partial charge in [0.1, 0.15) is 12.3 Å². The highest BCUT2D eigenvalue weighted by molar-refractivity contribution is 7.89. The number of carbonyl (C=O) groups excluding carboxylic acids is 1. The molecule has 3 aromatic rings. The van der Waals surface area contributed by atoms with E-state index in [0.717, 1.165) is 18.4 Å². The summed E-state index contributed by atoms with van der Waals surface area (Å²) >= 11 is 0. The first-order chi connectivity index (χ1) is 14.9. The van der Waals surface area contributed by atoms with E-state index >= 15 is 0 Å². The normalized spacial score (nSPS) is 14.7. The van der Waals surface area contributed by atoms with Crippen molar-refractivity contribution in [3.05, 3.63) is 58.6 Å². The predicted molar refractivity (Wildman–Crippen MR) is 113 cm³/mol. The Bertz CT molecular complexity index is 1270. The molecule has 0 saturated carbocycles. The standard InChI is InChI=1S/C21H23N3O6S/c1-29-16-6-4-5-15(11-16)13-22-20(25)14-24-18-8-7-17(12-19(18)30-21(24)26)31(27,28)23-9-2-3-10-23/h4-8,11-12H,2-3,9-10,13-14H2,1H3,(H,22,25). The minimum atomic E-state index is -3.63. The molecule has 1 aliphatic heterocycles. The number of nitrogens with one attached hydrogen (secondary N) is 1. The quantitative estimate of drug-likeness (QED) is 0.593. The van der Waals surface area contributed by atoms with Crippen molar-refractivity contribution < 1.29 is 22.4 Å². The Hall–Kier alpha value is -3.11. The van der Waals surface area contributed by atoms with Crippen LogP contribution in [0.15, 0.2) is 56.6 Å². The van der Waals surface area contributed by atoms with Gasteiger partial charge in [-0.05, 0) is 42.7 Å². The number of hydrogen-bond donors (Lipinski definition) is 1. The molecule has 1 aromatic heterocycles. The van der Waals surface area contributed by atoms with Crippen LogP contribution in [0, 0.1) is 0 Å². The van der Waals surface area contributed by atoms with Crippen molar-refractivity contribution in [1.29, 1.82) is 0 Å². The lowest BCUT2D eigenvalue weighted by atomic mass is 10.2. The molecule has 0 radical (unpaired) electrons. The summed E-state index contributed by atoms with van der Waals surface area (Å²) in [6.45, 7) is 1.00. The maximum atomic E-state index is 12.7. The van der Waals surface area contributed by atoms with Crippen LogP contribution in [0.5, 0.6) is 5.75 Å². The van der Waals surface area contributed by atoms with E-state index in [2.05, 4.69) is 5.32 Å². The zero-order chi connectivity index (χ0) is 22.0. The van der Waals surface area contributed by atoms with Gasteiger partial charge in [-0.15, -0.1) is 0 Å². The van der Waals surface area contributed by atoms with E-state index in [1.165, 1.54) is 27.1 Å². The lowest BCUT2D eigenvalue weighted by Gasteiger charge is -2.15. The van der Waals surface area contributed by atoms with Gasteiger partial charge in [-0.1, -0.05) is 12.1 Å². The van der Waals surface area contributed by atoms with Crippen molar-refractivity contribution in [1.82, 2.24) is 14.2 Å². The van der Waals surface area contributed by atoms with E-state index in [1.807, 2.05) is 18.2 Å². The molecule has 1 fully saturated rings. The van der Waals surface area contributed by atoms with Gasteiger partial charge in [0.15, 0.2) is 5.58 Å². The van der Waals surface area contributed by atoms with Crippen molar-refractivity contribution in [2.75, 3.05) is 20.2 Å². The summed E-state index contributed by atoms with van der Waals surface area (Å²) in [5.41, 5.74) is 1.35. The molecule has 9 nitrogen and oxygen atoms in total. The Morgan fingerprint density at radius 3 is 2.68 bits per heavy atom. The number of benzene rings is 2. The van der Waals surface area contributed by atoms with Crippen LogP contribution in [0.1, 0.15) is 18.4 Å². The van der Waals surface area contributed by atoms with Gasteiger partial charge in [0, 0.05) is 25.7 Å². The molecule has 1 amide bonds. The van der Waals surface area contributed by atoms with Crippen LogP contribution in [0.25, 0.3) is 11.1 Å². The van der Waals surface area contributed by atoms with E-state index in [1.54, 1.807) is 13.2 Å². The minimum Gasteiger partial charge on any atom is -0.497 e. The van der Waals surface area contributed by atoms with Crippen LogP contribution in [0.3, 0.4) is 0 Å². The van der Waals surface area contributed by atoms with Crippen LogP contribution in [-0.2, 0) is 27.9 Å². The fourth-order valence-corrected chi connectivity index (χ4v) is 5.15. The van der Waals surface area contributed by atoms with E-state index in [0.29, 0.717) is 24.4 Å². The molecular weight excluding hydrogens is 422 g/mol. The fourth-order valence-electron chi connectivity index (χ4n) is 3.62. The molecule has 0 unspecified atom stereocenters. The molecule has 0 aliphatic carbocycles. The van der Waals surface area contributed by atoms with Gasteiger partial charge in [-0.3, -0.25) is 9.36 Å². The average Bonchev–Trinajstić information content (AvgIpc) is 3.41. The highest BCUT2D eigenvalue weighted by atomic mass is 32.2. The molecule has 0 bridgehead atoms. The van der Waals surface area contributed by atoms with Gasteiger partial charge >= 0.3 is 5.76 Å². The average molecular weight is 445 g/mol. The number of carbonyl (C=O) groups is 1. The Morgan fingerprint density at radius 2 is 1.94 bits per heavy atom. The SMILES string of the molecule is COc1cccc(CNC(=O)Cn2c(=O)oc3cc(S(=O)(=O)N4CCCC4)ccc32)c1. The molecule has 10 heteroatoms. The monoisotopic (exact) mass is 445 g/mol. The third-order valence-electron chi connectivity index (χ3n) is 5.27. The Kier molecular flexibility index (Phi) is 5.84. The highest BCUT2D eigenvalue weighted by Gasteiger charge is 2.28. The summed E-state index contributed by atoms with van der Waals surface area (Å²) in [4.78, 5) is 24.8. The second-order valence-electron chi connectivity index (χ2n) is 7.32. The summed E-state index contributed by atoms with van der Waals surface area (Å²) in [6.07, 6.45) is 1.66. The van der Waals surface area contributed by atoms with Gasteiger partial charge < -0.3 is 14.5 Å². The molecule has 0 spiro atoms. The number of methoxy groups -OCH3 is 1. The third kappa shape index (κ3) is 4.35. The first-order valence-electron chi connectivity index (χ1n) is 9.91. The fraction of sp³-hybridized carbons (Fsp3) is 0.333. The number of aromatic nitrogens is 1. The number of rotatable bonds is 7. The summed E-state index contributed by atoms with van der Waals surface area (Å²) in [5, 5.41) is 2.75. The van der Waals surface area contributed by atoms with Gasteiger partial charge in [-0.25, -0.2) is 13.2 Å². The number of oxazole rings is 1. The minimum absolute atomic E-state index is 0.0743. The number of amides is 1. The van der Waals surface area contributed by atoms with Crippen molar-refractivity contribution in [3.63, 3.8) is 0 Å². The van der Waals surface area contributed by atoms with Crippen LogP contribution in [-0.4, -0.2) is 43.4 Å². The molecular formula is C21H23N3O6S. The van der Waals surface area contributed by atoms with Gasteiger partial charge in [0.2, 0.25) is 15.9 Å². The van der Waals surface area contributed by atoms with E-state index in [4.69, 9.17) is 9.15 Å². The molecule has 2 aromatic carbocycles. The predicted octanol–water partition coefficient (Wildman–Crippen LogP) is 1.70. The van der Waals surface area contributed by atoms with Crippen molar-refractivity contribution in [2.45, 2.75) is 30.8 Å². The number of ether oxygens (including phenoxy) is 1. The van der Waals surface area contributed by atoms with E-state index in [-0.39, 0.29) is 29.5 Å². The maximum absolute atomic E-state index is 12.7. The number of fused-ring (bicyclic) bond motifs is 1. The molecule has 1 N–H and O–H groups in total. The Morgan fingerprint density at radius 1 is 1.16 bits per heavy atom. The van der Waals surface area contributed by atoms with Crippen LogP contribution in [0.2, 0.25) is 0 Å². The first kappa shape index (κ1) is 21.1. The number of nitrogens with zero attached hydrogens (tertiary/aromatic N) is 2.